The quantitative estimate of drug-likeness (QED) is 0.747. The summed E-state index contributed by atoms with van der Waals surface area (Å²) in [4.78, 5) is 15.9. The number of halogens is 2. The Hall–Kier alpha value is -1.07. The van der Waals surface area contributed by atoms with Crippen LogP contribution in [0.25, 0.3) is 11.5 Å². The highest BCUT2D eigenvalue weighted by molar-refractivity contribution is 9.10. The largest absolute Gasteiger partial charge is 0.245 e. The average molecular weight is 272 g/mol. The van der Waals surface area contributed by atoms with E-state index in [0.29, 0.717) is 21.1 Å². The molecule has 0 N–H and O–H groups in total. The molecule has 4 nitrogen and oxygen atoms in total. The number of hydrogen-bond acceptors (Lipinski definition) is 4. The second kappa shape index (κ2) is 3.98. The van der Waals surface area contributed by atoms with Crippen molar-refractivity contribution in [2.24, 2.45) is 0 Å². The first-order valence-electron chi connectivity index (χ1n) is 3.72. The molecule has 2 heterocycles. The standard InChI is InChI=1S/C8H4BrClN4/c9-5-3-12-8(14-7(5)10)6-1-2-11-4-13-6/h1-4H. The molecule has 0 atom stereocenters. The van der Waals surface area contributed by atoms with Crippen molar-refractivity contribution in [1.82, 2.24) is 19.9 Å². The Morgan fingerprint density at radius 3 is 2.79 bits per heavy atom. The SMILES string of the molecule is Clc1nc(-c2ccncn2)ncc1Br. The molecule has 0 aliphatic heterocycles. The van der Waals surface area contributed by atoms with E-state index in [4.69, 9.17) is 11.6 Å². The summed E-state index contributed by atoms with van der Waals surface area (Å²) in [7, 11) is 0. The molecule has 0 saturated heterocycles. The third-order valence-corrected chi connectivity index (χ3v) is 2.61. The van der Waals surface area contributed by atoms with Gasteiger partial charge < -0.3 is 0 Å². The van der Waals surface area contributed by atoms with Crippen molar-refractivity contribution in [1.29, 1.82) is 0 Å². The molecule has 0 spiro atoms. The van der Waals surface area contributed by atoms with Gasteiger partial charge in [-0.15, -0.1) is 0 Å². The topological polar surface area (TPSA) is 51.6 Å². The van der Waals surface area contributed by atoms with Gasteiger partial charge in [0.1, 0.15) is 17.2 Å². The lowest BCUT2D eigenvalue weighted by Crippen LogP contribution is -1.92. The second-order valence-electron chi connectivity index (χ2n) is 2.43. The molecule has 70 valence electrons. The summed E-state index contributed by atoms with van der Waals surface area (Å²) in [5.41, 5.74) is 0.648. The Labute approximate surface area is 93.5 Å². The maximum atomic E-state index is 5.82. The van der Waals surface area contributed by atoms with E-state index in [1.807, 2.05) is 0 Å². The van der Waals surface area contributed by atoms with Crippen molar-refractivity contribution in [3.8, 4) is 11.5 Å². The van der Waals surface area contributed by atoms with E-state index < -0.39 is 0 Å². The first-order valence-corrected chi connectivity index (χ1v) is 4.89. The monoisotopic (exact) mass is 270 g/mol. The van der Waals surface area contributed by atoms with Gasteiger partial charge in [0.2, 0.25) is 0 Å². The normalized spacial score (nSPS) is 10.1. The van der Waals surface area contributed by atoms with Crippen LogP contribution in [0.4, 0.5) is 0 Å². The molecule has 2 aromatic heterocycles. The predicted molar refractivity (Wildman–Crippen MR) is 55.8 cm³/mol. The summed E-state index contributed by atoms with van der Waals surface area (Å²) >= 11 is 9.03. The van der Waals surface area contributed by atoms with E-state index in [9.17, 15) is 0 Å². The third-order valence-electron chi connectivity index (χ3n) is 1.51. The molecule has 0 radical (unpaired) electrons. The van der Waals surface area contributed by atoms with Gasteiger partial charge in [-0.3, -0.25) is 0 Å². The van der Waals surface area contributed by atoms with E-state index in [1.165, 1.54) is 6.33 Å². The summed E-state index contributed by atoms with van der Waals surface area (Å²) in [6, 6.07) is 1.72. The van der Waals surface area contributed by atoms with Gasteiger partial charge in [-0.1, -0.05) is 11.6 Å². The second-order valence-corrected chi connectivity index (χ2v) is 3.64. The molecule has 0 amide bonds. The maximum absolute atomic E-state index is 5.82. The predicted octanol–water partition coefficient (Wildman–Crippen LogP) is 2.35. The van der Waals surface area contributed by atoms with Crippen molar-refractivity contribution < 1.29 is 0 Å². The van der Waals surface area contributed by atoms with Crippen LogP contribution < -0.4 is 0 Å². The van der Waals surface area contributed by atoms with Gasteiger partial charge in [-0.05, 0) is 22.0 Å². The van der Waals surface area contributed by atoms with E-state index >= 15 is 0 Å². The Morgan fingerprint density at radius 2 is 2.14 bits per heavy atom. The minimum Gasteiger partial charge on any atom is -0.245 e. The lowest BCUT2D eigenvalue weighted by atomic mass is 10.4. The van der Waals surface area contributed by atoms with E-state index in [1.54, 1.807) is 18.5 Å². The Balaban J connectivity index is 2.48. The number of nitrogens with zero attached hydrogens (tertiary/aromatic N) is 4. The van der Waals surface area contributed by atoms with Gasteiger partial charge in [0, 0.05) is 12.4 Å². The van der Waals surface area contributed by atoms with Crippen LogP contribution in [0.2, 0.25) is 5.15 Å². The van der Waals surface area contributed by atoms with E-state index in [0.717, 1.165) is 0 Å². The van der Waals surface area contributed by atoms with Gasteiger partial charge in [-0.25, -0.2) is 19.9 Å². The van der Waals surface area contributed by atoms with Crippen LogP contribution in [0, 0.1) is 0 Å². The van der Waals surface area contributed by atoms with Crippen LogP contribution in [0.5, 0.6) is 0 Å². The van der Waals surface area contributed by atoms with E-state index in [-0.39, 0.29) is 0 Å². The zero-order valence-electron chi connectivity index (χ0n) is 6.85. The highest BCUT2D eigenvalue weighted by Gasteiger charge is 2.05. The van der Waals surface area contributed by atoms with Gasteiger partial charge in [0.05, 0.1) is 4.47 Å². The van der Waals surface area contributed by atoms with Crippen molar-refractivity contribution in [2.45, 2.75) is 0 Å². The molecular weight excluding hydrogens is 267 g/mol. The molecule has 14 heavy (non-hydrogen) atoms. The molecule has 6 heteroatoms. The number of hydrogen-bond donors (Lipinski definition) is 0. The Bertz CT molecular complexity index is 448. The van der Waals surface area contributed by atoms with Gasteiger partial charge in [0.15, 0.2) is 5.82 Å². The van der Waals surface area contributed by atoms with Crippen LogP contribution in [0.15, 0.2) is 29.3 Å². The number of rotatable bonds is 1. The average Bonchev–Trinajstić information content (AvgIpc) is 2.23. The fourth-order valence-electron chi connectivity index (χ4n) is 0.893. The van der Waals surface area contributed by atoms with Crippen LogP contribution in [0.1, 0.15) is 0 Å². The van der Waals surface area contributed by atoms with Crippen LogP contribution in [-0.4, -0.2) is 19.9 Å². The fraction of sp³-hybridized carbons (Fsp3) is 0. The molecular formula is C8H4BrClN4. The Morgan fingerprint density at radius 1 is 1.29 bits per heavy atom. The van der Waals surface area contributed by atoms with Crippen LogP contribution in [0.3, 0.4) is 0 Å². The highest BCUT2D eigenvalue weighted by atomic mass is 79.9. The van der Waals surface area contributed by atoms with Gasteiger partial charge >= 0.3 is 0 Å². The summed E-state index contributed by atoms with van der Waals surface area (Å²) in [6.07, 6.45) is 4.66. The highest BCUT2D eigenvalue weighted by Crippen LogP contribution is 2.21. The zero-order chi connectivity index (χ0) is 9.97. The molecule has 0 unspecified atom stereocenters. The lowest BCUT2D eigenvalue weighted by Gasteiger charge is -1.99. The van der Waals surface area contributed by atoms with E-state index in [2.05, 4.69) is 35.9 Å². The Kier molecular flexibility index (Phi) is 2.69. The third kappa shape index (κ3) is 1.88. The van der Waals surface area contributed by atoms with Crippen molar-refractivity contribution in [3.05, 3.63) is 34.4 Å². The van der Waals surface area contributed by atoms with Crippen LogP contribution >= 0.6 is 27.5 Å². The zero-order valence-corrected chi connectivity index (χ0v) is 9.20. The molecule has 2 rings (SSSR count). The van der Waals surface area contributed by atoms with Gasteiger partial charge in [0.25, 0.3) is 0 Å². The molecule has 0 aliphatic carbocycles. The number of aromatic nitrogens is 4. The summed E-state index contributed by atoms with van der Waals surface area (Å²) in [5.74, 6) is 0.487. The molecule has 0 bridgehead atoms. The fourth-order valence-corrected chi connectivity index (χ4v) is 1.21. The molecule has 0 aromatic carbocycles. The minimum atomic E-state index is 0.369. The molecule has 0 saturated carbocycles. The van der Waals surface area contributed by atoms with Gasteiger partial charge in [-0.2, -0.15) is 0 Å². The minimum absolute atomic E-state index is 0.369. The van der Waals surface area contributed by atoms with Crippen molar-refractivity contribution in [2.75, 3.05) is 0 Å². The first kappa shape index (κ1) is 9.48. The summed E-state index contributed by atoms with van der Waals surface area (Å²) in [5, 5.41) is 0.369. The molecule has 0 aliphatic rings. The first-order chi connectivity index (χ1) is 6.77. The maximum Gasteiger partial charge on any atom is 0.179 e. The molecule has 2 aromatic rings. The summed E-state index contributed by atoms with van der Waals surface area (Å²) < 4.78 is 0.664. The van der Waals surface area contributed by atoms with Crippen LogP contribution in [-0.2, 0) is 0 Å². The summed E-state index contributed by atoms with van der Waals surface area (Å²) in [6.45, 7) is 0. The molecule has 0 fully saturated rings. The lowest BCUT2D eigenvalue weighted by molar-refractivity contribution is 1.10. The van der Waals surface area contributed by atoms with Crippen molar-refractivity contribution >= 4 is 27.5 Å². The smallest absolute Gasteiger partial charge is 0.179 e. The van der Waals surface area contributed by atoms with Crippen molar-refractivity contribution in [3.63, 3.8) is 0 Å².